The summed E-state index contributed by atoms with van der Waals surface area (Å²) in [6.45, 7) is 1.99. The highest BCUT2D eigenvalue weighted by atomic mass is 79.9. The molecule has 0 bridgehead atoms. The molecule has 2 rings (SSSR count). The third-order valence-corrected chi connectivity index (χ3v) is 2.01. The molecule has 2 aromatic rings. The van der Waals surface area contributed by atoms with Gasteiger partial charge in [0, 0.05) is 22.1 Å². The molecular weight excluding hydrogens is 232 g/mol. The topological polar surface area (TPSA) is 38.9 Å². The second-order valence-electron chi connectivity index (χ2n) is 2.70. The predicted molar refractivity (Wildman–Crippen MR) is 52.2 cm³/mol. The highest BCUT2D eigenvalue weighted by Crippen LogP contribution is 2.20. The van der Waals surface area contributed by atoms with Crippen LogP contribution in [0.15, 0.2) is 33.7 Å². The Bertz CT molecular complexity index is 408. The molecule has 0 aliphatic rings. The zero-order valence-corrected chi connectivity index (χ0v) is 8.58. The van der Waals surface area contributed by atoms with Crippen molar-refractivity contribution in [3.05, 3.63) is 34.9 Å². The number of oxazole rings is 1. The molecule has 2 heterocycles. The maximum atomic E-state index is 5.25. The molecule has 0 radical (unpaired) electrons. The fourth-order valence-electron chi connectivity index (χ4n) is 0.985. The number of pyridine rings is 1. The largest absolute Gasteiger partial charge is 0.429 e. The SMILES string of the molecule is Cc1ccc(-c2cnc(Br)o2)nc1. The van der Waals surface area contributed by atoms with Gasteiger partial charge in [-0.1, -0.05) is 6.07 Å². The Kier molecular flexibility index (Phi) is 2.14. The highest BCUT2D eigenvalue weighted by molar-refractivity contribution is 9.10. The van der Waals surface area contributed by atoms with Gasteiger partial charge in [0.05, 0.1) is 6.20 Å². The molecule has 0 aliphatic heterocycles. The van der Waals surface area contributed by atoms with E-state index in [9.17, 15) is 0 Å². The zero-order chi connectivity index (χ0) is 9.26. The predicted octanol–water partition coefficient (Wildman–Crippen LogP) is 2.81. The van der Waals surface area contributed by atoms with Gasteiger partial charge in [-0.2, -0.15) is 0 Å². The smallest absolute Gasteiger partial charge is 0.264 e. The standard InChI is InChI=1S/C9H7BrN2O/c1-6-2-3-7(11-4-6)8-5-12-9(10)13-8/h2-5H,1H3. The average molecular weight is 239 g/mol. The van der Waals surface area contributed by atoms with Crippen molar-refractivity contribution < 1.29 is 4.42 Å². The molecule has 2 aromatic heterocycles. The molecule has 0 aliphatic carbocycles. The van der Waals surface area contributed by atoms with Crippen molar-refractivity contribution >= 4 is 15.9 Å². The van der Waals surface area contributed by atoms with Gasteiger partial charge in [-0.3, -0.25) is 4.98 Å². The van der Waals surface area contributed by atoms with Crippen LogP contribution in [0.1, 0.15) is 5.56 Å². The Labute approximate surface area is 84.0 Å². The first-order valence-corrected chi connectivity index (χ1v) is 4.59. The van der Waals surface area contributed by atoms with Gasteiger partial charge in [0.15, 0.2) is 5.76 Å². The van der Waals surface area contributed by atoms with Crippen LogP contribution in [0, 0.1) is 6.92 Å². The summed E-state index contributed by atoms with van der Waals surface area (Å²) in [7, 11) is 0. The summed E-state index contributed by atoms with van der Waals surface area (Å²) < 4.78 is 5.25. The van der Waals surface area contributed by atoms with Crippen LogP contribution in [0.25, 0.3) is 11.5 Å². The van der Waals surface area contributed by atoms with Gasteiger partial charge in [-0.25, -0.2) is 4.98 Å². The lowest BCUT2D eigenvalue weighted by Crippen LogP contribution is -1.80. The van der Waals surface area contributed by atoms with E-state index in [0.717, 1.165) is 11.3 Å². The van der Waals surface area contributed by atoms with Crippen LogP contribution in [-0.2, 0) is 0 Å². The van der Waals surface area contributed by atoms with Crippen LogP contribution in [0.2, 0.25) is 0 Å². The number of aromatic nitrogens is 2. The van der Waals surface area contributed by atoms with Gasteiger partial charge in [0.1, 0.15) is 5.69 Å². The van der Waals surface area contributed by atoms with Crippen LogP contribution in [-0.4, -0.2) is 9.97 Å². The van der Waals surface area contributed by atoms with E-state index in [2.05, 4.69) is 25.9 Å². The summed E-state index contributed by atoms with van der Waals surface area (Å²) in [5, 5.41) is 0. The lowest BCUT2D eigenvalue weighted by molar-refractivity contribution is 0.540. The summed E-state index contributed by atoms with van der Waals surface area (Å²) in [6.07, 6.45) is 3.44. The van der Waals surface area contributed by atoms with Crippen LogP contribution in [0.5, 0.6) is 0 Å². The Hall–Kier alpha value is -1.16. The lowest BCUT2D eigenvalue weighted by Gasteiger charge is -1.94. The van der Waals surface area contributed by atoms with E-state index in [1.54, 1.807) is 12.4 Å². The summed E-state index contributed by atoms with van der Waals surface area (Å²) in [4.78, 5) is 8.61. The first kappa shape index (κ1) is 8.44. The molecule has 0 saturated carbocycles. The summed E-state index contributed by atoms with van der Waals surface area (Å²) in [5.41, 5.74) is 1.92. The summed E-state index contributed by atoms with van der Waals surface area (Å²) >= 11 is 3.14. The van der Waals surface area contributed by atoms with E-state index in [-0.39, 0.29) is 0 Å². The molecule has 0 atom stereocenters. The first-order valence-electron chi connectivity index (χ1n) is 3.80. The minimum Gasteiger partial charge on any atom is -0.429 e. The molecule has 0 aromatic carbocycles. The van der Waals surface area contributed by atoms with Crippen LogP contribution < -0.4 is 0 Å². The summed E-state index contributed by atoms with van der Waals surface area (Å²) in [5.74, 6) is 0.673. The van der Waals surface area contributed by atoms with Crippen molar-refractivity contribution in [2.45, 2.75) is 6.92 Å². The van der Waals surface area contributed by atoms with Crippen LogP contribution in [0.3, 0.4) is 0 Å². The van der Waals surface area contributed by atoms with Gasteiger partial charge < -0.3 is 4.42 Å². The lowest BCUT2D eigenvalue weighted by atomic mass is 10.2. The molecule has 13 heavy (non-hydrogen) atoms. The van der Waals surface area contributed by atoms with Crippen molar-refractivity contribution in [3.8, 4) is 11.5 Å². The minimum atomic E-state index is 0.477. The molecular formula is C9H7BrN2O. The average Bonchev–Trinajstić information content (AvgIpc) is 2.53. The molecule has 66 valence electrons. The number of halogens is 1. The number of rotatable bonds is 1. The quantitative estimate of drug-likeness (QED) is 0.767. The second kappa shape index (κ2) is 3.30. The summed E-state index contributed by atoms with van der Waals surface area (Å²) in [6, 6.07) is 3.89. The van der Waals surface area contributed by atoms with Gasteiger partial charge >= 0.3 is 0 Å². The normalized spacial score (nSPS) is 10.3. The molecule has 0 fully saturated rings. The van der Waals surface area contributed by atoms with Gasteiger partial charge in [0.25, 0.3) is 4.80 Å². The van der Waals surface area contributed by atoms with Crippen LogP contribution >= 0.6 is 15.9 Å². The third-order valence-electron chi connectivity index (χ3n) is 1.64. The van der Waals surface area contributed by atoms with E-state index in [1.807, 2.05) is 19.1 Å². The van der Waals surface area contributed by atoms with Gasteiger partial charge in [-0.15, -0.1) is 0 Å². The molecule has 0 amide bonds. The fourth-order valence-corrected chi connectivity index (χ4v) is 1.26. The van der Waals surface area contributed by atoms with Crippen molar-refractivity contribution in [3.63, 3.8) is 0 Å². The van der Waals surface area contributed by atoms with E-state index < -0.39 is 0 Å². The molecule has 0 spiro atoms. The molecule has 0 unspecified atom stereocenters. The third kappa shape index (κ3) is 1.78. The molecule has 0 N–H and O–H groups in total. The Morgan fingerprint density at radius 1 is 1.23 bits per heavy atom. The van der Waals surface area contributed by atoms with Crippen molar-refractivity contribution in [1.29, 1.82) is 0 Å². The molecule has 0 saturated heterocycles. The van der Waals surface area contributed by atoms with Crippen molar-refractivity contribution in [2.75, 3.05) is 0 Å². The minimum absolute atomic E-state index is 0.477. The fraction of sp³-hybridized carbons (Fsp3) is 0.111. The Morgan fingerprint density at radius 2 is 2.08 bits per heavy atom. The second-order valence-corrected chi connectivity index (χ2v) is 3.38. The van der Waals surface area contributed by atoms with Crippen molar-refractivity contribution in [2.24, 2.45) is 0 Å². The number of nitrogens with zero attached hydrogens (tertiary/aromatic N) is 2. The molecule has 3 nitrogen and oxygen atoms in total. The Balaban J connectivity index is 2.41. The number of hydrogen-bond acceptors (Lipinski definition) is 3. The van der Waals surface area contributed by atoms with E-state index in [0.29, 0.717) is 10.6 Å². The maximum absolute atomic E-state index is 5.25. The van der Waals surface area contributed by atoms with E-state index in [1.165, 1.54) is 0 Å². The van der Waals surface area contributed by atoms with Crippen LogP contribution in [0.4, 0.5) is 0 Å². The van der Waals surface area contributed by atoms with Gasteiger partial charge in [-0.05, 0) is 18.6 Å². The van der Waals surface area contributed by atoms with E-state index in [4.69, 9.17) is 4.42 Å². The van der Waals surface area contributed by atoms with Crippen molar-refractivity contribution in [1.82, 2.24) is 9.97 Å². The zero-order valence-electron chi connectivity index (χ0n) is 6.99. The Morgan fingerprint density at radius 3 is 2.62 bits per heavy atom. The number of hydrogen-bond donors (Lipinski definition) is 0. The number of aryl methyl sites for hydroxylation is 1. The monoisotopic (exact) mass is 238 g/mol. The van der Waals surface area contributed by atoms with Gasteiger partial charge in [0.2, 0.25) is 0 Å². The maximum Gasteiger partial charge on any atom is 0.264 e. The highest BCUT2D eigenvalue weighted by Gasteiger charge is 2.04. The van der Waals surface area contributed by atoms with E-state index >= 15 is 0 Å². The first-order chi connectivity index (χ1) is 6.25. The molecule has 4 heteroatoms.